The SMILES string of the molecule is CN(C)c1ccc(-c2cc3cc(N(C)C)ccc3o2)cc1. The second kappa shape index (κ2) is 5.17. The van der Waals surface area contributed by atoms with E-state index in [-0.39, 0.29) is 0 Å². The Kier molecular flexibility index (Phi) is 3.34. The molecule has 3 heteroatoms. The van der Waals surface area contributed by atoms with Crippen molar-refractivity contribution in [1.82, 2.24) is 0 Å². The molecule has 0 radical (unpaired) electrons. The maximum atomic E-state index is 5.96. The van der Waals surface area contributed by atoms with Gasteiger partial charge in [-0.25, -0.2) is 0 Å². The van der Waals surface area contributed by atoms with E-state index in [2.05, 4.69) is 52.3 Å². The Balaban J connectivity index is 2.00. The van der Waals surface area contributed by atoms with Gasteiger partial charge in [-0.3, -0.25) is 0 Å². The van der Waals surface area contributed by atoms with Crippen LogP contribution in [0.5, 0.6) is 0 Å². The van der Waals surface area contributed by atoms with Gasteiger partial charge in [0.25, 0.3) is 0 Å². The normalized spacial score (nSPS) is 10.9. The summed E-state index contributed by atoms with van der Waals surface area (Å²) in [5.74, 6) is 0.909. The van der Waals surface area contributed by atoms with Crippen molar-refractivity contribution in [2.45, 2.75) is 0 Å². The van der Waals surface area contributed by atoms with Crippen LogP contribution in [0.4, 0.5) is 11.4 Å². The molecule has 3 rings (SSSR count). The molecule has 21 heavy (non-hydrogen) atoms. The summed E-state index contributed by atoms with van der Waals surface area (Å²) in [7, 11) is 8.17. The van der Waals surface area contributed by atoms with E-state index in [4.69, 9.17) is 4.42 Å². The van der Waals surface area contributed by atoms with Crippen molar-refractivity contribution in [3.05, 3.63) is 48.5 Å². The van der Waals surface area contributed by atoms with E-state index in [0.29, 0.717) is 0 Å². The van der Waals surface area contributed by atoms with Gasteiger partial charge in [0.2, 0.25) is 0 Å². The van der Waals surface area contributed by atoms with Crippen LogP contribution in [0.25, 0.3) is 22.3 Å². The van der Waals surface area contributed by atoms with E-state index < -0.39 is 0 Å². The van der Waals surface area contributed by atoms with Gasteiger partial charge in [0.05, 0.1) is 0 Å². The summed E-state index contributed by atoms with van der Waals surface area (Å²) >= 11 is 0. The lowest BCUT2D eigenvalue weighted by molar-refractivity contribution is 0.631. The Labute approximate surface area is 125 Å². The lowest BCUT2D eigenvalue weighted by Gasteiger charge is -2.11. The average Bonchev–Trinajstić information content (AvgIpc) is 2.90. The predicted octanol–water partition coefficient (Wildman–Crippen LogP) is 4.23. The van der Waals surface area contributed by atoms with Gasteiger partial charge in [-0.2, -0.15) is 0 Å². The molecule has 0 N–H and O–H groups in total. The van der Waals surface area contributed by atoms with E-state index in [1.54, 1.807) is 0 Å². The number of fused-ring (bicyclic) bond motifs is 1. The summed E-state index contributed by atoms with van der Waals surface area (Å²) in [6, 6.07) is 16.8. The van der Waals surface area contributed by atoms with Crippen LogP contribution < -0.4 is 9.80 Å². The number of benzene rings is 2. The maximum absolute atomic E-state index is 5.96. The minimum Gasteiger partial charge on any atom is -0.456 e. The Bertz CT molecular complexity index is 754. The highest BCUT2D eigenvalue weighted by Gasteiger charge is 2.08. The highest BCUT2D eigenvalue weighted by atomic mass is 16.3. The Hall–Kier alpha value is -2.42. The van der Waals surface area contributed by atoms with E-state index in [0.717, 1.165) is 22.3 Å². The molecular weight excluding hydrogens is 260 g/mol. The topological polar surface area (TPSA) is 19.6 Å². The zero-order chi connectivity index (χ0) is 15.0. The van der Waals surface area contributed by atoms with Crippen molar-refractivity contribution in [2.75, 3.05) is 38.0 Å². The van der Waals surface area contributed by atoms with Gasteiger partial charge in [0.15, 0.2) is 0 Å². The number of anilines is 2. The second-order valence-corrected chi connectivity index (χ2v) is 5.67. The molecule has 0 amide bonds. The molecule has 2 aromatic carbocycles. The van der Waals surface area contributed by atoms with Crippen molar-refractivity contribution < 1.29 is 4.42 Å². The number of hydrogen-bond acceptors (Lipinski definition) is 3. The van der Waals surface area contributed by atoms with Crippen molar-refractivity contribution in [3.8, 4) is 11.3 Å². The third-order valence-electron chi connectivity index (χ3n) is 3.68. The highest BCUT2D eigenvalue weighted by Crippen LogP contribution is 2.30. The molecule has 3 nitrogen and oxygen atoms in total. The van der Waals surface area contributed by atoms with Gasteiger partial charge in [-0.05, 0) is 48.5 Å². The van der Waals surface area contributed by atoms with Gasteiger partial charge in [0.1, 0.15) is 11.3 Å². The fraction of sp³-hybridized carbons (Fsp3) is 0.222. The molecule has 0 aliphatic carbocycles. The summed E-state index contributed by atoms with van der Waals surface area (Å²) in [5.41, 5.74) is 4.39. The first-order valence-corrected chi connectivity index (χ1v) is 7.03. The monoisotopic (exact) mass is 280 g/mol. The van der Waals surface area contributed by atoms with Crippen molar-refractivity contribution >= 4 is 22.3 Å². The van der Waals surface area contributed by atoms with E-state index in [9.17, 15) is 0 Å². The van der Waals surface area contributed by atoms with Crippen LogP contribution in [0.2, 0.25) is 0 Å². The molecule has 0 fully saturated rings. The molecule has 0 bridgehead atoms. The van der Waals surface area contributed by atoms with Crippen LogP contribution in [0, 0.1) is 0 Å². The van der Waals surface area contributed by atoms with Crippen LogP contribution >= 0.6 is 0 Å². The zero-order valence-electron chi connectivity index (χ0n) is 12.9. The van der Waals surface area contributed by atoms with Crippen molar-refractivity contribution in [1.29, 1.82) is 0 Å². The molecule has 0 unspecified atom stereocenters. The molecule has 0 saturated carbocycles. The summed E-state index contributed by atoms with van der Waals surface area (Å²) in [5, 5.41) is 1.13. The van der Waals surface area contributed by atoms with Gasteiger partial charge in [-0.15, -0.1) is 0 Å². The van der Waals surface area contributed by atoms with Crippen LogP contribution in [-0.4, -0.2) is 28.2 Å². The molecular formula is C18H20N2O. The maximum Gasteiger partial charge on any atom is 0.135 e. The number of hydrogen-bond donors (Lipinski definition) is 0. The molecule has 0 saturated heterocycles. The fourth-order valence-electron chi connectivity index (χ4n) is 2.38. The van der Waals surface area contributed by atoms with Crippen LogP contribution in [0.3, 0.4) is 0 Å². The Morgan fingerprint density at radius 1 is 0.714 bits per heavy atom. The minimum absolute atomic E-state index is 0.909. The first-order valence-electron chi connectivity index (χ1n) is 7.03. The molecule has 3 aromatic rings. The average molecular weight is 280 g/mol. The highest BCUT2D eigenvalue weighted by molar-refractivity contribution is 5.86. The first kappa shape index (κ1) is 13.6. The third kappa shape index (κ3) is 2.59. The zero-order valence-corrected chi connectivity index (χ0v) is 12.9. The van der Waals surface area contributed by atoms with Crippen LogP contribution in [0.15, 0.2) is 52.9 Å². The van der Waals surface area contributed by atoms with Crippen LogP contribution in [-0.2, 0) is 0 Å². The summed E-state index contributed by atoms with van der Waals surface area (Å²) in [4.78, 5) is 4.18. The van der Waals surface area contributed by atoms with E-state index in [1.807, 2.05) is 34.3 Å². The van der Waals surface area contributed by atoms with E-state index >= 15 is 0 Å². The quantitative estimate of drug-likeness (QED) is 0.715. The standard InChI is InChI=1S/C18H20N2O/c1-19(2)15-7-5-13(6-8-15)18-12-14-11-16(20(3)4)9-10-17(14)21-18/h5-12H,1-4H3. The van der Waals surface area contributed by atoms with Gasteiger partial charge in [0, 0.05) is 50.5 Å². The predicted molar refractivity (Wildman–Crippen MR) is 90.3 cm³/mol. The summed E-state index contributed by atoms with van der Waals surface area (Å²) in [6.07, 6.45) is 0. The molecule has 1 heterocycles. The Morgan fingerprint density at radius 3 is 1.95 bits per heavy atom. The lowest BCUT2D eigenvalue weighted by atomic mass is 10.1. The van der Waals surface area contributed by atoms with Crippen molar-refractivity contribution in [3.63, 3.8) is 0 Å². The first-order chi connectivity index (χ1) is 10.0. The largest absolute Gasteiger partial charge is 0.456 e. The van der Waals surface area contributed by atoms with Crippen LogP contribution in [0.1, 0.15) is 0 Å². The van der Waals surface area contributed by atoms with Gasteiger partial charge < -0.3 is 14.2 Å². The van der Waals surface area contributed by atoms with Crippen molar-refractivity contribution in [2.24, 2.45) is 0 Å². The smallest absolute Gasteiger partial charge is 0.135 e. The number of rotatable bonds is 3. The Morgan fingerprint density at radius 2 is 1.33 bits per heavy atom. The summed E-state index contributed by atoms with van der Waals surface area (Å²) < 4.78 is 5.96. The number of nitrogens with zero attached hydrogens (tertiary/aromatic N) is 2. The molecule has 0 aliphatic heterocycles. The molecule has 108 valence electrons. The van der Waals surface area contributed by atoms with E-state index in [1.165, 1.54) is 11.4 Å². The molecule has 1 aromatic heterocycles. The fourth-order valence-corrected chi connectivity index (χ4v) is 2.38. The minimum atomic E-state index is 0.909. The van der Waals surface area contributed by atoms with Gasteiger partial charge >= 0.3 is 0 Å². The second-order valence-electron chi connectivity index (χ2n) is 5.67. The molecule has 0 atom stereocenters. The molecule has 0 aliphatic rings. The molecule has 0 spiro atoms. The lowest BCUT2D eigenvalue weighted by Crippen LogP contribution is -2.07. The third-order valence-corrected chi connectivity index (χ3v) is 3.68. The number of furan rings is 1. The summed E-state index contributed by atoms with van der Waals surface area (Å²) in [6.45, 7) is 0. The van der Waals surface area contributed by atoms with Gasteiger partial charge in [-0.1, -0.05) is 0 Å².